The Kier molecular flexibility index (Phi) is 4.22. The first-order valence-corrected chi connectivity index (χ1v) is 7.60. The molecule has 0 aliphatic carbocycles. The molecule has 2 aromatic rings. The Morgan fingerprint density at radius 3 is 2.45 bits per heavy atom. The number of aryl methyl sites for hydroxylation is 1. The van der Waals surface area contributed by atoms with Crippen molar-refractivity contribution in [3.8, 4) is 0 Å². The van der Waals surface area contributed by atoms with Crippen molar-refractivity contribution in [2.45, 2.75) is 18.0 Å². The number of imidazole rings is 1. The van der Waals surface area contributed by atoms with Crippen LogP contribution in [0.25, 0.3) is 0 Å². The fraction of sp³-hybridized carbons (Fsp3) is 0.308. The Morgan fingerprint density at radius 2 is 1.95 bits per heavy atom. The summed E-state index contributed by atoms with van der Waals surface area (Å²) in [7, 11) is -0.143. The highest BCUT2D eigenvalue weighted by Crippen LogP contribution is 2.16. The highest BCUT2D eigenvalue weighted by molar-refractivity contribution is 7.89. The van der Waals surface area contributed by atoms with Crippen molar-refractivity contribution >= 4 is 10.0 Å². The van der Waals surface area contributed by atoms with Gasteiger partial charge in [-0.3, -0.25) is 0 Å². The minimum absolute atomic E-state index is 0.227. The van der Waals surface area contributed by atoms with Gasteiger partial charge in [-0.1, -0.05) is 12.1 Å². The van der Waals surface area contributed by atoms with E-state index in [0.717, 1.165) is 5.56 Å². The zero-order chi connectivity index (χ0) is 14.8. The molecule has 0 radical (unpaired) electrons. The van der Waals surface area contributed by atoms with Crippen LogP contribution in [0.4, 0.5) is 0 Å². The maximum Gasteiger partial charge on any atom is 0.243 e. The SMILES string of the molecule is CN(Cc1nccn1C)S(=O)(=O)c1ccc(CN)cc1. The van der Waals surface area contributed by atoms with Crippen molar-refractivity contribution in [2.75, 3.05) is 7.05 Å². The largest absolute Gasteiger partial charge is 0.337 e. The van der Waals surface area contributed by atoms with E-state index in [1.54, 1.807) is 48.3 Å². The Labute approximate surface area is 118 Å². The van der Waals surface area contributed by atoms with E-state index in [1.165, 1.54) is 4.31 Å². The molecule has 0 saturated carbocycles. The van der Waals surface area contributed by atoms with E-state index in [9.17, 15) is 8.42 Å². The Morgan fingerprint density at radius 1 is 1.30 bits per heavy atom. The van der Waals surface area contributed by atoms with Gasteiger partial charge in [-0.15, -0.1) is 0 Å². The molecule has 0 unspecified atom stereocenters. The van der Waals surface area contributed by atoms with Crippen LogP contribution < -0.4 is 5.73 Å². The molecule has 0 saturated heterocycles. The molecule has 0 fully saturated rings. The fourth-order valence-electron chi connectivity index (χ4n) is 1.81. The standard InChI is InChI=1S/C13H18N4O2S/c1-16-8-7-15-13(16)10-17(2)20(18,19)12-5-3-11(9-14)4-6-12/h3-8H,9-10,14H2,1-2H3. The van der Waals surface area contributed by atoms with Crippen LogP contribution >= 0.6 is 0 Å². The van der Waals surface area contributed by atoms with Crippen LogP contribution in [0, 0.1) is 0 Å². The highest BCUT2D eigenvalue weighted by Gasteiger charge is 2.21. The summed E-state index contributed by atoms with van der Waals surface area (Å²) in [5.41, 5.74) is 6.40. The van der Waals surface area contributed by atoms with E-state index in [0.29, 0.717) is 12.4 Å². The number of hydrogen-bond acceptors (Lipinski definition) is 4. The van der Waals surface area contributed by atoms with E-state index in [-0.39, 0.29) is 11.4 Å². The van der Waals surface area contributed by atoms with Crippen LogP contribution in [-0.2, 0) is 30.2 Å². The molecule has 0 aliphatic rings. The Hall–Kier alpha value is -1.70. The molecule has 0 amide bonds. The minimum Gasteiger partial charge on any atom is -0.337 e. The van der Waals surface area contributed by atoms with Gasteiger partial charge in [0, 0.05) is 33.0 Å². The predicted octanol–water partition coefficient (Wildman–Crippen LogP) is 0.699. The van der Waals surface area contributed by atoms with Crippen LogP contribution in [0.3, 0.4) is 0 Å². The average Bonchev–Trinajstić information content (AvgIpc) is 2.84. The van der Waals surface area contributed by atoms with Gasteiger partial charge in [-0.05, 0) is 17.7 Å². The first-order chi connectivity index (χ1) is 9.45. The lowest BCUT2D eigenvalue weighted by atomic mass is 10.2. The van der Waals surface area contributed by atoms with Gasteiger partial charge in [0.2, 0.25) is 10.0 Å². The molecule has 0 spiro atoms. The van der Waals surface area contributed by atoms with E-state index in [4.69, 9.17) is 5.73 Å². The maximum atomic E-state index is 12.4. The number of sulfonamides is 1. The maximum absolute atomic E-state index is 12.4. The number of nitrogens with two attached hydrogens (primary N) is 1. The number of hydrogen-bond donors (Lipinski definition) is 1. The number of nitrogens with zero attached hydrogens (tertiary/aromatic N) is 3. The second-order valence-corrected chi connectivity index (χ2v) is 6.61. The molecule has 0 aliphatic heterocycles. The highest BCUT2D eigenvalue weighted by atomic mass is 32.2. The number of rotatable bonds is 5. The quantitative estimate of drug-likeness (QED) is 0.880. The zero-order valence-corrected chi connectivity index (χ0v) is 12.3. The zero-order valence-electron chi connectivity index (χ0n) is 11.5. The summed E-state index contributed by atoms with van der Waals surface area (Å²) >= 11 is 0. The molecule has 2 N–H and O–H groups in total. The second-order valence-electron chi connectivity index (χ2n) is 4.56. The van der Waals surface area contributed by atoms with Gasteiger partial charge in [0.25, 0.3) is 0 Å². The topological polar surface area (TPSA) is 81.2 Å². The lowest BCUT2D eigenvalue weighted by Gasteiger charge is -2.17. The second kappa shape index (κ2) is 5.74. The third kappa shape index (κ3) is 2.90. The van der Waals surface area contributed by atoms with Crippen LogP contribution in [0.5, 0.6) is 0 Å². The summed E-state index contributed by atoms with van der Waals surface area (Å²) in [5, 5.41) is 0. The van der Waals surface area contributed by atoms with Gasteiger partial charge in [-0.2, -0.15) is 4.31 Å². The summed E-state index contributed by atoms with van der Waals surface area (Å²) in [6.45, 7) is 0.619. The summed E-state index contributed by atoms with van der Waals surface area (Å²) in [6.07, 6.45) is 3.43. The van der Waals surface area contributed by atoms with E-state index in [1.807, 2.05) is 7.05 Å². The molecule has 20 heavy (non-hydrogen) atoms. The van der Waals surface area contributed by atoms with Crippen molar-refractivity contribution in [3.63, 3.8) is 0 Å². The number of benzene rings is 1. The van der Waals surface area contributed by atoms with Crippen LogP contribution in [0.15, 0.2) is 41.6 Å². The van der Waals surface area contributed by atoms with Gasteiger partial charge in [0.05, 0.1) is 11.4 Å². The first-order valence-electron chi connectivity index (χ1n) is 6.16. The van der Waals surface area contributed by atoms with Crippen molar-refractivity contribution in [3.05, 3.63) is 48.0 Å². The Bertz CT molecular complexity index is 677. The van der Waals surface area contributed by atoms with Crippen molar-refractivity contribution in [1.29, 1.82) is 0 Å². The van der Waals surface area contributed by atoms with E-state index >= 15 is 0 Å². The monoisotopic (exact) mass is 294 g/mol. The van der Waals surface area contributed by atoms with Gasteiger partial charge >= 0.3 is 0 Å². The van der Waals surface area contributed by atoms with Crippen LogP contribution in [-0.4, -0.2) is 29.3 Å². The van der Waals surface area contributed by atoms with Gasteiger partial charge in [0.1, 0.15) is 5.82 Å². The van der Waals surface area contributed by atoms with Gasteiger partial charge in [0.15, 0.2) is 0 Å². The molecule has 2 rings (SSSR count). The first kappa shape index (κ1) is 14.7. The van der Waals surface area contributed by atoms with Crippen LogP contribution in [0.2, 0.25) is 0 Å². The molecule has 7 heteroatoms. The predicted molar refractivity (Wildman–Crippen MR) is 76.2 cm³/mol. The normalized spacial score (nSPS) is 12.0. The molecular formula is C13H18N4O2S. The smallest absolute Gasteiger partial charge is 0.243 e. The molecule has 1 aromatic carbocycles. The molecule has 108 valence electrons. The van der Waals surface area contributed by atoms with Crippen LogP contribution in [0.1, 0.15) is 11.4 Å². The summed E-state index contributed by atoms with van der Waals surface area (Å²) in [4.78, 5) is 4.39. The third-order valence-electron chi connectivity index (χ3n) is 3.15. The molecule has 1 aromatic heterocycles. The molecule has 0 atom stereocenters. The van der Waals surface area contributed by atoms with Crippen molar-refractivity contribution in [2.24, 2.45) is 12.8 Å². The summed E-state index contributed by atoms with van der Waals surface area (Å²) < 4.78 is 27.9. The van der Waals surface area contributed by atoms with Gasteiger partial charge in [-0.25, -0.2) is 13.4 Å². The lowest BCUT2D eigenvalue weighted by molar-refractivity contribution is 0.451. The van der Waals surface area contributed by atoms with E-state index < -0.39 is 10.0 Å². The number of aromatic nitrogens is 2. The molecule has 0 bridgehead atoms. The minimum atomic E-state index is -3.52. The summed E-state index contributed by atoms with van der Waals surface area (Å²) in [6, 6.07) is 6.60. The summed E-state index contributed by atoms with van der Waals surface area (Å²) in [5.74, 6) is 0.689. The fourth-order valence-corrected chi connectivity index (χ4v) is 2.94. The molecule has 6 nitrogen and oxygen atoms in total. The Balaban J connectivity index is 2.22. The van der Waals surface area contributed by atoms with E-state index in [2.05, 4.69) is 4.98 Å². The molecular weight excluding hydrogens is 276 g/mol. The van der Waals surface area contributed by atoms with Crippen molar-refractivity contribution < 1.29 is 8.42 Å². The van der Waals surface area contributed by atoms with Gasteiger partial charge < -0.3 is 10.3 Å². The third-order valence-corrected chi connectivity index (χ3v) is 4.97. The van der Waals surface area contributed by atoms with Crippen molar-refractivity contribution in [1.82, 2.24) is 13.9 Å². The molecule has 1 heterocycles. The lowest BCUT2D eigenvalue weighted by Crippen LogP contribution is -2.27. The average molecular weight is 294 g/mol.